The second kappa shape index (κ2) is 45.1. The number of hydrogen-bond acceptors (Lipinski definition) is 22. The minimum Gasteiger partial charge on any atom is -0.395 e. The molecule has 10 aromatic rings. The third kappa shape index (κ3) is 26.0. The highest BCUT2D eigenvalue weighted by Gasteiger charge is 2.35. The summed E-state index contributed by atoms with van der Waals surface area (Å²) in [5, 5.41) is 24.9. The Balaban J connectivity index is 0.000000167. The quantitative estimate of drug-likeness (QED) is 0.0313. The first kappa shape index (κ1) is 98.8. The number of carbonyl (C=O) groups is 5. The number of likely N-dealkylation sites (N-methyl/N-ethyl adjacent to an activating group) is 1. The molecule has 32 nitrogen and oxygen atoms in total. The van der Waals surface area contributed by atoms with Crippen LogP contribution in [-0.2, 0) is 74.2 Å². The van der Waals surface area contributed by atoms with Crippen LogP contribution in [0.3, 0.4) is 0 Å². The number of piperazine rings is 1. The van der Waals surface area contributed by atoms with Crippen LogP contribution in [0.4, 0.5) is 41.6 Å². The first-order valence-corrected chi connectivity index (χ1v) is 48.7. The van der Waals surface area contributed by atoms with Gasteiger partial charge in [0.2, 0.25) is 50.1 Å². The zero-order chi connectivity index (χ0) is 92.6. The number of sulfone groups is 1. The van der Waals surface area contributed by atoms with E-state index in [9.17, 15) is 87.7 Å². The van der Waals surface area contributed by atoms with E-state index in [4.69, 9.17) is 19.3 Å². The van der Waals surface area contributed by atoms with Crippen molar-refractivity contribution in [1.82, 2.24) is 26.8 Å². The maximum atomic E-state index is 14.0. The molecule has 0 radical (unpaired) electrons. The zero-order valence-corrected chi connectivity index (χ0v) is 74.6. The SMILES string of the molecule is CN(CCO)S(=O)(=O)c1ccccc1NC(=O)c1ccc(F)cc1.CS(=O)(=O)c1ccc(C(=O)Nc2ccccc2S(=O)(=O)N2CCOCC2)cc1.Cc1ccc(C(=O)Nc2ccccc2S(=O)(=O)N2CCNCC2)cc1.Cc1ccc(C(=O)Nc2ccccc2S(=O)(=O)N2CCOCC2)c(F)c1.O=C(Nc1ccccc1S(=O)(=O)N1CCOCC1)c1ccccc1F. The van der Waals surface area contributed by atoms with Gasteiger partial charge in [-0.2, -0.15) is 21.5 Å². The molecule has 0 bridgehead atoms. The van der Waals surface area contributed by atoms with Crippen molar-refractivity contribution in [3.63, 3.8) is 0 Å². The van der Waals surface area contributed by atoms with Gasteiger partial charge >= 0.3 is 0 Å². The monoisotopic (exact) mass is 1880 g/mol. The number of aliphatic hydroxyl groups excluding tert-OH is 1. The number of anilines is 5. The number of morpholine rings is 3. The number of nitrogens with zero attached hydrogens (tertiary/aromatic N) is 5. The molecule has 14 rings (SSSR count). The maximum absolute atomic E-state index is 14.0. The summed E-state index contributed by atoms with van der Waals surface area (Å²) in [6.07, 6.45) is 1.08. The second-order valence-corrected chi connectivity index (χ2v) is 40.3. The Hall–Kier alpha value is -11.4. The van der Waals surface area contributed by atoms with E-state index in [0.29, 0.717) is 82.6 Å². The molecule has 7 N–H and O–H groups in total. The number of nitrogens with one attached hydrogen (secondary N) is 6. The average Bonchev–Trinajstić information content (AvgIpc) is 0.805. The maximum Gasteiger partial charge on any atom is 0.258 e. The Morgan fingerprint density at radius 1 is 0.367 bits per heavy atom. The summed E-state index contributed by atoms with van der Waals surface area (Å²) in [7, 11) is -20.9. The van der Waals surface area contributed by atoms with Crippen LogP contribution >= 0.6 is 0 Å². The number of ether oxygens (including phenoxy) is 3. The van der Waals surface area contributed by atoms with Crippen molar-refractivity contribution in [1.29, 1.82) is 0 Å². The minimum absolute atomic E-state index is 0.00185. The van der Waals surface area contributed by atoms with Gasteiger partial charge in [-0.3, -0.25) is 24.0 Å². The van der Waals surface area contributed by atoms with Crippen molar-refractivity contribution in [3.05, 3.63) is 293 Å². The summed E-state index contributed by atoms with van der Waals surface area (Å²) in [5.41, 5.74) is 3.14. The average molecular weight is 1880 g/mol. The molecule has 128 heavy (non-hydrogen) atoms. The summed E-state index contributed by atoms with van der Waals surface area (Å²) in [6, 6.07) is 58.0. The number of aryl methyl sites for hydroxylation is 2. The van der Waals surface area contributed by atoms with Crippen molar-refractivity contribution < 1.29 is 107 Å². The van der Waals surface area contributed by atoms with E-state index in [-0.39, 0.29) is 133 Å². The van der Waals surface area contributed by atoms with Crippen molar-refractivity contribution >= 4 is 118 Å². The summed E-state index contributed by atoms with van der Waals surface area (Å²) in [5.74, 6) is -4.63. The first-order valence-electron chi connectivity index (χ1n) is 39.6. The Morgan fingerprint density at radius 3 is 1.02 bits per heavy atom. The molecule has 0 unspecified atom stereocenters. The molecule has 4 saturated heterocycles. The lowest BCUT2D eigenvalue weighted by molar-refractivity contribution is 0.0730. The molecule has 680 valence electrons. The predicted octanol–water partition coefficient (Wildman–Crippen LogP) is 9.40. The smallest absolute Gasteiger partial charge is 0.258 e. The lowest BCUT2D eigenvalue weighted by Crippen LogP contribution is -2.46. The first-order chi connectivity index (χ1) is 60.9. The van der Waals surface area contributed by atoms with E-state index in [1.165, 1.54) is 158 Å². The number of hydrogen-bond donors (Lipinski definition) is 7. The van der Waals surface area contributed by atoms with Gasteiger partial charge in [0.05, 0.1) is 90.7 Å². The Labute approximate surface area is 741 Å². The molecular formula is C87H94F3N11O21S6. The van der Waals surface area contributed by atoms with E-state index in [1.807, 2.05) is 19.1 Å². The number of sulfonamides is 5. The van der Waals surface area contributed by atoms with Gasteiger partial charge in [0, 0.05) is 102 Å². The summed E-state index contributed by atoms with van der Waals surface area (Å²) >= 11 is 0. The number of para-hydroxylation sites is 5. The topological polar surface area (TPSA) is 426 Å². The lowest BCUT2D eigenvalue weighted by Gasteiger charge is -2.27. The summed E-state index contributed by atoms with van der Waals surface area (Å²) in [6.45, 7) is 8.77. The Kier molecular flexibility index (Phi) is 34.8. The van der Waals surface area contributed by atoms with E-state index in [0.717, 1.165) is 28.3 Å². The molecule has 4 aliphatic heterocycles. The van der Waals surface area contributed by atoms with Crippen molar-refractivity contribution in [2.75, 3.05) is 158 Å². The van der Waals surface area contributed by atoms with Crippen LogP contribution in [0.2, 0.25) is 0 Å². The molecule has 10 aromatic carbocycles. The highest BCUT2D eigenvalue weighted by Crippen LogP contribution is 2.32. The molecular weight excluding hydrogens is 1780 g/mol. The highest BCUT2D eigenvalue weighted by atomic mass is 32.2. The number of carbonyl (C=O) groups excluding carboxylic acids is 5. The summed E-state index contributed by atoms with van der Waals surface area (Å²) in [4.78, 5) is 62.0. The molecule has 0 atom stereocenters. The minimum atomic E-state index is -3.87. The van der Waals surface area contributed by atoms with Gasteiger partial charge in [0.25, 0.3) is 29.5 Å². The third-order valence-corrected chi connectivity index (χ3v) is 30.6. The highest BCUT2D eigenvalue weighted by molar-refractivity contribution is 7.91. The van der Waals surface area contributed by atoms with E-state index in [1.54, 1.807) is 85.8 Å². The van der Waals surface area contributed by atoms with Gasteiger partial charge < -0.3 is 51.2 Å². The molecule has 41 heteroatoms. The standard InChI is InChI=1S/C18H19FN2O4S.C18H21N3O3S.C18H20N2O6S2.C17H17FN2O4S.C16H17FN2O4S/c1-13-6-7-14(15(19)12-13)18(22)20-16-4-2-3-5-17(16)26(23,24)21-8-10-25-11-9-21;1-14-6-8-15(9-7-14)18(22)20-16-4-2-3-5-17(16)25(23,24)21-12-10-19-11-13-21;1-27(22,23)15-8-6-14(7-9-15)18(21)19-16-4-2-3-5-17(16)28(24,25)20-10-12-26-13-11-20;18-14-6-2-1-5-13(14)17(21)19-15-7-3-4-8-16(15)25(22,23)20-9-11-24-12-10-20;1-19(10-11-20)24(22,23)15-5-3-2-4-14(15)18-16(21)12-6-8-13(17)9-7-12/h2-7,12H,8-11H2,1H3,(H,20,22);2-9,19H,10-13H2,1H3,(H,20,22);2-9H,10-13H2,1H3,(H,19,21);1-8H,9-12H2,(H,19,21);2-9,20H,10-11H2,1H3,(H,18,21). The fraction of sp³-hybridized carbons (Fsp3) is 0.253. The van der Waals surface area contributed by atoms with Crippen LogP contribution in [0.5, 0.6) is 0 Å². The van der Waals surface area contributed by atoms with Crippen LogP contribution in [0.25, 0.3) is 0 Å². The third-order valence-electron chi connectivity index (χ3n) is 19.7. The molecule has 5 amide bonds. The van der Waals surface area contributed by atoms with Crippen LogP contribution in [0.1, 0.15) is 62.9 Å². The van der Waals surface area contributed by atoms with Crippen molar-refractivity contribution in [2.24, 2.45) is 0 Å². The number of aliphatic hydroxyl groups is 1. The van der Waals surface area contributed by atoms with Gasteiger partial charge in [0.15, 0.2) is 9.84 Å². The number of rotatable bonds is 23. The molecule has 4 fully saturated rings. The molecule has 4 aliphatic rings. The van der Waals surface area contributed by atoms with Gasteiger partial charge in [-0.25, -0.2) is 63.7 Å². The van der Waals surface area contributed by atoms with Gasteiger partial charge in [-0.15, -0.1) is 0 Å². The molecule has 0 spiro atoms. The van der Waals surface area contributed by atoms with E-state index < -0.39 is 101 Å². The number of benzene rings is 10. The van der Waals surface area contributed by atoms with Gasteiger partial charge in [-0.1, -0.05) is 96.6 Å². The summed E-state index contributed by atoms with van der Waals surface area (Å²) < 4.78 is 214. The zero-order valence-electron chi connectivity index (χ0n) is 69.7. The Morgan fingerprint density at radius 2 is 0.664 bits per heavy atom. The van der Waals surface area contributed by atoms with Crippen LogP contribution in [0, 0.1) is 31.3 Å². The molecule has 4 heterocycles. The van der Waals surface area contributed by atoms with Crippen molar-refractivity contribution in [3.8, 4) is 0 Å². The number of amides is 5. The lowest BCUT2D eigenvalue weighted by atomic mass is 10.1. The normalized spacial score (nSPS) is 14.9. The van der Waals surface area contributed by atoms with Crippen LogP contribution in [0.15, 0.2) is 266 Å². The number of halogens is 3. The Bertz CT molecular complexity index is 6330. The molecule has 0 aliphatic carbocycles. The second-order valence-electron chi connectivity index (χ2n) is 28.6. The fourth-order valence-corrected chi connectivity index (χ4v) is 21.0. The van der Waals surface area contributed by atoms with Crippen LogP contribution < -0.4 is 31.9 Å². The predicted molar refractivity (Wildman–Crippen MR) is 474 cm³/mol. The van der Waals surface area contributed by atoms with Gasteiger partial charge in [-0.05, 0) is 165 Å². The molecule has 0 saturated carbocycles. The molecule has 0 aromatic heterocycles. The van der Waals surface area contributed by atoms with E-state index in [2.05, 4.69) is 31.9 Å². The van der Waals surface area contributed by atoms with Gasteiger partial charge in [0.1, 0.15) is 41.9 Å². The largest absolute Gasteiger partial charge is 0.395 e. The fourth-order valence-electron chi connectivity index (χ4n) is 12.8. The van der Waals surface area contributed by atoms with E-state index >= 15 is 0 Å². The van der Waals surface area contributed by atoms with Crippen molar-refractivity contribution in [2.45, 2.75) is 43.2 Å². The van der Waals surface area contributed by atoms with Crippen LogP contribution in [-0.4, -0.2) is 238 Å².